The number of hydrogen-bond donors (Lipinski definition) is 0. The molecule has 2 atom stereocenters. The molecule has 0 nitrogen and oxygen atoms in total. The number of rotatable bonds is 4. The minimum absolute atomic E-state index is 0.0464. The molecule has 0 heterocycles. The van der Waals surface area contributed by atoms with E-state index in [-0.39, 0.29) is 16.7 Å². The van der Waals surface area contributed by atoms with Crippen molar-refractivity contribution in [1.82, 2.24) is 0 Å². The van der Waals surface area contributed by atoms with Crippen molar-refractivity contribution >= 4 is 34.8 Å². The van der Waals surface area contributed by atoms with E-state index in [4.69, 9.17) is 0 Å². The van der Waals surface area contributed by atoms with Crippen molar-refractivity contribution in [3.63, 3.8) is 0 Å². The predicted octanol–water partition coefficient (Wildman–Crippen LogP) is 7.54. The smallest absolute Gasteiger partial charge is 0.109 e. The second-order valence-electron chi connectivity index (χ2n) is 15.8. The summed E-state index contributed by atoms with van der Waals surface area (Å²) in [5.41, 5.74) is 11.1. The van der Waals surface area contributed by atoms with Gasteiger partial charge in [0.2, 0.25) is 8.07 Å². The van der Waals surface area contributed by atoms with E-state index in [0.29, 0.717) is 5.92 Å². The molecule has 5 aromatic carbocycles. The lowest BCUT2D eigenvalue weighted by Gasteiger charge is -2.35. The summed E-state index contributed by atoms with van der Waals surface area (Å²) in [5.74, 6) is 4.59. The number of benzene rings is 4. The van der Waals surface area contributed by atoms with Gasteiger partial charge in [0.15, 0.2) is 0 Å². The van der Waals surface area contributed by atoms with E-state index < -0.39 is 8.07 Å². The first-order valence-electron chi connectivity index (χ1n) is 17.8. The average molecular weight is 651 g/mol. The highest BCUT2D eigenvalue weighted by Crippen LogP contribution is 2.42. The zero-order valence-electron chi connectivity index (χ0n) is 29.8. The molecular weight excluding hydrogens is 605 g/mol. The zero-order chi connectivity index (χ0) is 34.2. The molecule has 0 N–H and O–H groups in total. The Kier molecular flexibility index (Phi) is 8.61. The molecule has 0 amide bonds. The molecule has 0 saturated heterocycles. The first-order valence-corrected chi connectivity index (χ1v) is 19.8. The second-order valence-corrected chi connectivity index (χ2v) is 19.2. The summed E-state index contributed by atoms with van der Waals surface area (Å²) < 4.78 is 0. The Bertz CT molecular complexity index is 2050. The highest BCUT2D eigenvalue weighted by Gasteiger charge is 2.39. The molecule has 0 bridgehead atoms. The third-order valence-electron chi connectivity index (χ3n) is 10.5. The van der Waals surface area contributed by atoms with Crippen LogP contribution in [-0.4, -0.2) is 8.07 Å². The van der Waals surface area contributed by atoms with Crippen LogP contribution in [0.3, 0.4) is 0 Å². The second kappa shape index (κ2) is 12.9. The van der Waals surface area contributed by atoms with Crippen LogP contribution in [0.4, 0.5) is 0 Å². The molecule has 0 fully saturated rings. The van der Waals surface area contributed by atoms with Gasteiger partial charge in [-0.05, 0) is 84.1 Å². The molecule has 0 radical (unpaired) electrons. The van der Waals surface area contributed by atoms with Gasteiger partial charge in [-0.15, -0.1) is 5.54 Å². The Morgan fingerprint density at radius 1 is 0.653 bits per heavy atom. The first kappa shape index (κ1) is 32.7. The topological polar surface area (TPSA) is 0 Å². The monoisotopic (exact) mass is 650 g/mol. The first-order chi connectivity index (χ1) is 23.6. The van der Waals surface area contributed by atoms with Crippen LogP contribution in [0.1, 0.15) is 71.1 Å². The minimum Gasteiger partial charge on any atom is -0.109 e. The van der Waals surface area contributed by atoms with Crippen molar-refractivity contribution in [2.24, 2.45) is 11.8 Å². The molecule has 2 aliphatic rings. The summed E-state index contributed by atoms with van der Waals surface area (Å²) in [6.45, 7) is 14.0. The highest BCUT2D eigenvalue weighted by molar-refractivity contribution is 7.16. The van der Waals surface area contributed by atoms with Gasteiger partial charge in [-0.3, -0.25) is 0 Å². The Morgan fingerprint density at radius 2 is 1.24 bits per heavy atom. The number of fused-ring (bicyclic) bond motifs is 2. The van der Waals surface area contributed by atoms with Crippen molar-refractivity contribution in [2.45, 2.75) is 65.2 Å². The van der Waals surface area contributed by atoms with Gasteiger partial charge in [0.25, 0.3) is 0 Å². The van der Waals surface area contributed by atoms with Crippen LogP contribution in [0.2, 0.25) is 0 Å². The van der Waals surface area contributed by atoms with Crippen molar-refractivity contribution < 1.29 is 0 Å². The Hall–Kier alpha value is -4.82. The molecule has 0 saturated carbocycles. The molecule has 2 aliphatic carbocycles. The summed E-state index contributed by atoms with van der Waals surface area (Å²) in [4.78, 5) is 0. The largest absolute Gasteiger partial charge is 0.230 e. The Labute approximate surface area is 295 Å². The Morgan fingerprint density at radius 3 is 1.82 bits per heavy atom. The van der Waals surface area contributed by atoms with Crippen molar-refractivity contribution in [3.05, 3.63) is 173 Å². The van der Waals surface area contributed by atoms with Gasteiger partial charge in [0, 0.05) is 17.4 Å². The summed E-state index contributed by atoms with van der Waals surface area (Å²) in [6.07, 6.45) is 7.05. The van der Waals surface area contributed by atoms with E-state index >= 15 is 0 Å². The molecule has 0 spiro atoms. The van der Waals surface area contributed by atoms with Gasteiger partial charge >= 0.3 is 0 Å². The molecule has 0 aromatic heterocycles. The fourth-order valence-electron chi connectivity index (χ4n) is 7.78. The van der Waals surface area contributed by atoms with Crippen LogP contribution in [-0.2, 0) is 10.8 Å². The van der Waals surface area contributed by atoms with Gasteiger partial charge in [-0.1, -0.05) is 181 Å². The summed E-state index contributed by atoms with van der Waals surface area (Å²) in [6, 6.07) is 51.1. The maximum Gasteiger partial charge on any atom is 0.230 e. The van der Waals surface area contributed by atoms with Gasteiger partial charge in [-0.2, -0.15) is 0 Å². The molecular formula is C48H46Si. The lowest BCUT2D eigenvalue weighted by atomic mass is 9.68. The molecule has 242 valence electrons. The molecule has 1 heteroatoms. The zero-order valence-corrected chi connectivity index (χ0v) is 30.8. The van der Waals surface area contributed by atoms with Crippen LogP contribution in [0.25, 0.3) is 11.1 Å². The molecule has 49 heavy (non-hydrogen) atoms. The van der Waals surface area contributed by atoms with Crippen molar-refractivity contribution in [1.29, 1.82) is 0 Å². The minimum atomic E-state index is -2.78. The highest BCUT2D eigenvalue weighted by atomic mass is 28.3. The molecule has 0 aliphatic heterocycles. The van der Waals surface area contributed by atoms with Crippen LogP contribution in [0, 0.1) is 35.4 Å². The van der Waals surface area contributed by atoms with Gasteiger partial charge in [0.05, 0.1) is 0 Å². The third kappa shape index (κ3) is 6.14. The quantitative estimate of drug-likeness (QED) is 0.107. The SMILES string of the molecule is CC(C)(C)c1cc(C2=c3ccccc3=C(C#C[Si](c3cc#ccc3)(c3ccccc3)c3ccccc3)C3CCC=CC23)cc(C(C)(C)C)c1. The van der Waals surface area contributed by atoms with Crippen LogP contribution >= 0.6 is 0 Å². The van der Waals surface area contributed by atoms with E-state index in [1.54, 1.807) is 0 Å². The summed E-state index contributed by atoms with van der Waals surface area (Å²) in [7, 11) is -2.78. The molecule has 7 rings (SSSR count). The maximum atomic E-state index is 4.12. The molecule has 5 aromatic rings. The summed E-state index contributed by atoms with van der Waals surface area (Å²) in [5, 5.41) is 6.43. The summed E-state index contributed by atoms with van der Waals surface area (Å²) >= 11 is 0. The number of allylic oxidation sites excluding steroid dienone is 2. The predicted molar refractivity (Wildman–Crippen MR) is 210 cm³/mol. The van der Waals surface area contributed by atoms with Crippen molar-refractivity contribution in [3.8, 4) is 11.5 Å². The van der Waals surface area contributed by atoms with Crippen LogP contribution in [0.5, 0.6) is 0 Å². The van der Waals surface area contributed by atoms with E-state index in [1.165, 1.54) is 53.8 Å². The maximum absolute atomic E-state index is 4.12. The van der Waals surface area contributed by atoms with Crippen LogP contribution < -0.4 is 26.0 Å². The van der Waals surface area contributed by atoms with Crippen molar-refractivity contribution in [2.75, 3.05) is 0 Å². The van der Waals surface area contributed by atoms with Gasteiger partial charge < -0.3 is 0 Å². The Balaban J connectivity index is 1.57. The van der Waals surface area contributed by atoms with E-state index in [0.717, 1.165) is 12.8 Å². The fraction of sp³-hybridized carbons (Fsp3) is 0.250. The van der Waals surface area contributed by atoms with Crippen LogP contribution in [0.15, 0.2) is 133 Å². The fourth-order valence-corrected chi connectivity index (χ4v) is 11.5. The lowest BCUT2D eigenvalue weighted by molar-refractivity contribution is 0.516. The third-order valence-corrected chi connectivity index (χ3v) is 14.6. The lowest BCUT2D eigenvalue weighted by Crippen LogP contribution is -2.66. The average Bonchev–Trinajstić information content (AvgIpc) is 3.12. The van der Waals surface area contributed by atoms with Gasteiger partial charge in [-0.25, -0.2) is 0 Å². The van der Waals surface area contributed by atoms with E-state index in [2.05, 4.69) is 193 Å². The van der Waals surface area contributed by atoms with E-state index in [9.17, 15) is 0 Å². The standard InChI is InChI=1S/C48H46Si/c1-47(2,3)36-32-35(33-37(34-36)48(4,5)6)46-44-28-18-16-26-41(44)43(42-27-17-19-29-45(42)46)30-31-49(38-20-10-7-11-21-38,39-22-12-8-13-23-39)40-24-14-9-15-25-40/h7-8,10-14,16,18-26,28-29,32-34,42,45H,17,27H2,1-6H3. The normalized spacial score (nSPS) is 17.3. The van der Waals surface area contributed by atoms with Gasteiger partial charge in [0.1, 0.15) is 0 Å². The molecule has 2 unspecified atom stereocenters. The number of hydrogen-bond acceptors (Lipinski definition) is 0. The van der Waals surface area contributed by atoms with E-state index in [1.807, 2.05) is 6.07 Å².